The van der Waals surface area contributed by atoms with E-state index in [1.807, 2.05) is 0 Å². The molecule has 0 aromatic rings. The molecule has 0 bridgehead atoms. The minimum Gasteiger partial charge on any atom is -0.340 e. The van der Waals surface area contributed by atoms with Gasteiger partial charge in [0.1, 0.15) is 0 Å². The van der Waals surface area contributed by atoms with E-state index in [-0.39, 0.29) is 31.5 Å². The van der Waals surface area contributed by atoms with Gasteiger partial charge in [0.25, 0.3) is 10.2 Å². The quantitative estimate of drug-likeness (QED) is 0.608. The number of hydrogen-bond acceptors (Lipinski definition) is 4. The second-order valence-corrected chi connectivity index (χ2v) is 5.55. The van der Waals surface area contributed by atoms with Crippen molar-refractivity contribution in [3.8, 4) is 0 Å². The van der Waals surface area contributed by atoms with Crippen LogP contribution in [0, 0.1) is 0 Å². The molecule has 16 heavy (non-hydrogen) atoms. The highest BCUT2D eigenvalue weighted by Crippen LogP contribution is 2.06. The second kappa shape index (κ2) is 5.09. The molecule has 1 unspecified atom stereocenters. The second-order valence-electron chi connectivity index (χ2n) is 4.01. The Balaban J connectivity index is 2.46. The van der Waals surface area contributed by atoms with E-state index in [1.165, 1.54) is 4.31 Å². The van der Waals surface area contributed by atoms with Gasteiger partial charge in [-0.15, -0.1) is 0 Å². The minimum absolute atomic E-state index is 0.0379. The third kappa shape index (κ3) is 3.71. The van der Waals surface area contributed by atoms with Crippen molar-refractivity contribution in [2.45, 2.75) is 19.4 Å². The van der Waals surface area contributed by atoms with E-state index in [9.17, 15) is 13.2 Å². The molecule has 1 aliphatic heterocycles. The smallest absolute Gasteiger partial charge is 0.277 e. The van der Waals surface area contributed by atoms with Gasteiger partial charge in [-0.05, 0) is 6.92 Å². The van der Waals surface area contributed by atoms with Crippen LogP contribution in [0.1, 0.15) is 13.3 Å². The van der Waals surface area contributed by atoms with Gasteiger partial charge in [0.15, 0.2) is 0 Å². The summed E-state index contributed by atoms with van der Waals surface area (Å²) in [6.07, 6.45) is 0.287. The fourth-order valence-corrected chi connectivity index (χ4v) is 2.27. The van der Waals surface area contributed by atoms with E-state index in [4.69, 9.17) is 10.9 Å². The molecule has 0 spiro atoms. The molecular weight excluding hydrogens is 232 g/mol. The van der Waals surface area contributed by atoms with Crippen LogP contribution in [0.4, 0.5) is 0 Å². The summed E-state index contributed by atoms with van der Waals surface area (Å²) in [6.45, 7) is 3.02. The molecule has 0 aromatic heterocycles. The lowest BCUT2D eigenvalue weighted by Gasteiger charge is -2.33. The van der Waals surface area contributed by atoms with E-state index >= 15 is 0 Å². The Morgan fingerprint density at radius 2 is 1.81 bits per heavy atom. The van der Waals surface area contributed by atoms with Crippen LogP contribution < -0.4 is 10.9 Å². The molecule has 1 atom stereocenters. The molecule has 4 N–H and O–H groups in total. The van der Waals surface area contributed by atoms with Crippen molar-refractivity contribution in [3.63, 3.8) is 0 Å². The lowest BCUT2D eigenvalue weighted by atomic mass is 10.2. The number of nitrogens with two attached hydrogens (primary N) is 2. The lowest BCUT2D eigenvalue weighted by molar-refractivity contribution is -0.132. The molecule has 94 valence electrons. The average Bonchev–Trinajstić information content (AvgIpc) is 2.15. The Morgan fingerprint density at radius 3 is 2.19 bits per heavy atom. The van der Waals surface area contributed by atoms with Crippen LogP contribution in [-0.4, -0.2) is 55.8 Å². The van der Waals surface area contributed by atoms with Gasteiger partial charge in [-0.25, -0.2) is 5.14 Å². The first-order valence-electron chi connectivity index (χ1n) is 5.12. The van der Waals surface area contributed by atoms with Crippen LogP contribution in [-0.2, 0) is 15.0 Å². The van der Waals surface area contributed by atoms with Crippen molar-refractivity contribution in [3.05, 3.63) is 0 Å². The van der Waals surface area contributed by atoms with Gasteiger partial charge >= 0.3 is 0 Å². The zero-order valence-electron chi connectivity index (χ0n) is 9.30. The Bertz CT molecular complexity index is 346. The maximum atomic E-state index is 11.6. The predicted octanol–water partition coefficient (Wildman–Crippen LogP) is -1.93. The van der Waals surface area contributed by atoms with Crippen LogP contribution in [0.2, 0.25) is 0 Å². The summed E-state index contributed by atoms with van der Waals surface area (Å²) < 4.78 is 23.2. The van der Waals surface area contributed by atoms with Crippen LogP contribution in [0.25, 0.3) is 0 Å². The van der Waals surface area contributed by atoms with Gasteiger partial charge < -0.3 is 10.6 Å². The molecule has 0 aliphatic carbocycles. The van der Waals surface area contributed by atoms with Crippen LogP contribution in [0.5, 0.6) is 0 Å². The number of carbonyl (C=O) groups is 1. The SMILES string of the molecule is CC(N)CC(=O)N1CCN(S(N)(=O)=O)CC1. The largest absolute Gasteiger partial charge is 0.340 e. The highest BCUT2D eigenvalue weighted by atomic mass is 32.2. The van der Waals surface area contributed by atoms with Crippen molar-refractivity contribution in [2.75, 3.05) is 26.2 Å². The fraction of sp³-hybridized carbons (Fsp3) is 0.875. The molecule has 0 aromatic carbocycles. The number of nitrogens with zero attached hydrogens (tertiary/aromatic N) is 2. The molecule has 1 fully saturated rings. The van der Waals surface area contributed by atoms with E-state index < -0.39 is 10.2 Å². The first-order chi connectivity index (χ1) is 7.30. The van der Waals surface area contributed by atoms with E-state index in [0.29, 0.717) is 13.1 Å². The highest BCUT2D eigenvalue weighted by Gasteiger charge is 2.26. The molecule has 0 saturated carbocycles. The molecule has 1 aliphatic rings. The summed E-state index contributed by atoms with van der Waals surface area (Å²) in [7, 11) is -3.63. The van der Waals surface area contributed by atoms with Gasteiger partial charge in [0.2, 0.25) is 5.91 Å². The average molecular weight is 250 g/mol. The van der Waals surface area contributed by atoms with Gasteiger partial charge in [0.05, 0.1) is 0 Å². The van der Waals surface area contributed by atoms with E-state index in [0.717, 1.165) is 0 Å². The van der Waals surface area contributed by atoms with Gasteiger partial charge in [0, 0.05) is 38.6 Å². The van der Waals surface area contributed by atoms with E-state index in [1.54, 1.807) is 11.8 Å². The van der Waals surface area contributed by atoms with Crippen molar-refractivity contribution in [2.24, 2.45) is 10.9 Å². The number of hydrogen-bond donors (Lipinski definition) is 2. The fourth-order valence-electron chi connectivity index (χ4n) is 1.60. The Kier molecular flexibility index (Phi) is 4.25. The summed E-state index contributed by atoms with van der Waals surface area (Å²) in [6, 6.07) is -0.177. The normalized spacial score (nSPS) is 20.8. The first kappa shape index (κ1) is 13.4. The molecule has 1 saturated heterocycles. The molecule has 1 rings (SSSR count). The zero-order valence-corrected chi connectivity index (χ0v) is 10.1. The first-order valence-corrected chi connectivity index (χ1v) is 6.62. The predicted molar refractivity (Wildman–Crippen MR) is 59.5 cm³/mol. The minimum atomic E-state index is -3.63. The van der Waals surface area contributed by atoms with Crippen LogP contribution >= 0.6 is 0 Å². The van der Waals surface area contributed by atoms with E-state index in [2.05, 4.69) is 0 Å². The Morgan fingerprint density at radius 1 is 1.31 bits per heavy atom. The molecule has 1 heterocycles. The standard InChI is InChI=1S/C8H18N4O3S/c1-7(9)6-8(13)11-2-4-12(5-3-11)16(10,14)15/h7H,2-6,9H2,1H3,(H2,10,14,15). The third-order valence-electron chi connectivity index (χ3n) is 2.45. The number of amides is 1. The Hall–Kier alpha value is -0.700. The lowest BCUT2D eigenvalue weighted by Crippen LogP contribution is -2.52. The third-order valence-corrected chi connectivity index (χ3v) is 3.53. The van der Waals surface area contributed by atoms with Gasteiger partial charge in [-0.1, -0.05) is 0 Å². The Labute approximate surface area is 95.5 Å². The summed E-state index contributed by atoms with van der Waals surface area (Å²) >= 11 is 0. The zero-order chi connectivity index (χ0) is 12.3. The van der Waals surface area contributed by atoms with Gasteiger partial charge in [-0.3, -0.25) is 4.79 Å². The summed E-state index contributed by atoms with van der Waals surface area (Å²) in [5.74, 6) is -0.0379. The molecule has 8 heteroatoms. The topological polar surface area (TPSA) is 110 Å². The molecule has 0 radical (unpaired) electrons. The van der Waals surface area contributed by atoms with Crippen molar-refractivity contribution in [1.82, 2.24) is 9.21 Å². The number of rotatable bonds is 3. The van der Waals surface area contributed by atoms with Crippen LogP contribution in [0.3, 0.4) is 0 Å². The maximum absolute atomic E-state index is 11.6. The highest BCUT2D eigenvalue weighted by molar-refractivity contribution is 7.86. The van der Waals surface area contributed by atoms with Crippen molar-refractivity contribution >= 4 is 16.1 Å². The van der Waals surface area contributed by atoms with Crippen molar-refractivity contribution < 1.29 is 13.2 Å². The monoisotopic (exact) mass is 250 g/mol. The molecule has 7 nitrogen and oxygen atoms in total. The molecule has 1 amide bonds. The van der Waals surface area contributed by atoms with Gasteiger partial charge in [-0.2, -0.15) is 12.7 Å². The van der Waals surface area contributed by atoms with Crippen molar-refractivity contribution in [1.29, 1.82) is 0 Å². The number of piperazine rings is 1. The summed E-state index contributed by atoms with van der Waals surface area (Å²) in [5.41, 5.74) is 5.52. The number of carbonyl (C=O) groups excluding carboxylic acids is 1. The summed E-state index contributed by atoms with van der Waals surface area (Å²) in [5, 5.41) is 4.99. The maximum Gasteiger partial charge on any atom is 0.277 e. The summed E-state index contributed by atoms with van der Waals surface area (Å²) in [4.78, 5) is 13.2. The van der Waals surface area contributed by atoms with Crippen LogP contribution in [0.15, 0.2) is 0 Å². The molecular formula is C8H18N4O3S.